The van der Waals surface area contributed by atoms with Crippen LogP contribution in [0, 0.1) is 0 Å². The average Bonchev–Trinajstić information content (AvgIpc) is 3.11. The van der Waals surface area contributed by atoms with Gasteiger partial charge in [0.1, 0.15) is 5.75 Å². The van der Waals surface area contributed by atoms with Gasteiger partial charge in [-0.3, -0.25) is 0 Å². The Morgan fingerprint density at radius 1 is 1.12 bits per heavy atom. The number of para-hydroxylation sites is 3. The summed E-state index contributed by atoms with van der Waals surface area (Å²) in [6, 6.07) is 16.4. The van der Waals surface area contributed by atoms with Crippen LogP contribution in [0.4, 0.5) is 10.5 Å². The molecule has 0 spiro atoms. The number of nitrogens with zero attached hydrogens (tertiary/aromatic N) is 4. The normalized spacial score (nSPS) is 10.3. The molecule has 2 amide bonds. The number of carbonyl (C=O) groups excluding carboxylic acids is 1. The number of hydrogen-bond acceptors (Lipinski definition) is 5. The van der Waals surface area contributed by atoms with Gasteiger partial charge >= 0.3 is 6.03 Å². The predicted molar refractivity (Wildman–Crippen MR) is 92.6 cm³/mol. The van der Waals surface area contributed by atoms with Crippen molar-refractivity contribution >= 4 is 11.7 Å². The van der Waals surface area contributed by atoms with Gasteiger partial charge in [0, 0.05) is 0 Å². The van der Waals surface area contributed by atoms with Gasteiger partial charge in [-0.1, -0.05) is 30.3 Å². The van der Waals surface area contributed by atoms with Crippen molar-refractivity contribution < 1.29 is 9.53 Å². The highest BCUT2D eigenvalue weighted by atomic mass is 16.5. The van der Waals surface area contributed by atoms with Crippen LogP contribution >= 0.6 is 0 Å². The number of anilines is 1. The van der Waals surface area contributed by atoms with Crippen LogP contribution in [0.3, 0.4) is 0 Å². The molecule has 0 aliphatic heterocycles. The van der Waals surface area contributed by atoms with Gasteiger partial charge < -0.3 is 15.4 Å². The van der Waals surface area contributed by atoms with Crippen molar-refractivity contribution in [3.63, 3.8) is 0 Å². The van der Waals surface area contributed by atoms with Gasteiger partial charge in [0.15, 0.2) is 5.82 Å². The summed E-state index contributed by atoms with van der Waals surface area (Å²) in [4.78, 5) is 12.2. The minimum atomic E-state index is -0.366. The molecule has 25 heavy (non-hydrogen) atoms. The maximum absolute atomic E-state index is 12.2. The lowest BCUT2D eigenvalue weighted by Crippen LogP contribution is -2.29. The van der Waals surface area contributed by atoms with Gasteiger partial charge in [0.2, 0.25) is 0 Å². The summed E-state index contributed by atoms with van der Waals surface area (Å²) >= 11 is 0. The van der Waals surface area contributed by atoms with Crippen molar-refractivity contribution in [1.29, 1.82) is 0 Å². The molecule has 0 saturated heterocycles. The third-order valence-corrected chi connectivity index (χ3v) is 3.38. The summed E-state index contributed by atoms with van der Waals surface area (Å²) in [5, 5.41) is 17.1. The number of nitrogens with one attached hydrogen (secondary N) is 2. The van der Waals surface area contributed by atoms with Gasteiger partial charge in [-0.2, -0.15) is 4.68 Å². The molecule has 128 valence electrons. The zero-order chi connectivity index (χ0) is 17.5. The minimum Gasteiger partial charge on any atom is -0.492 e. The highest BCUT2D eigenvalue weighted by molar-refractivity contribution is 5.90. The first kappa shape index (κ1) is 16.4. The first-order chi connectivity index (χ1) is 12.3. The van der Waals surface area contributed by atoms with Crippen LogP contribution < -0.4 is 15.4 Å². The molecule has 8 nitrogen and oxygen atoms in total. The molecule has 2 aromatic carbocycles. The lowest BCUT2D eigenvalue weighted by atomic mass is 10.3. The maximum Gasteiger partial charge on any atom is 0.319 e. The summed E-state index contributed by atoms with van der Waals surface area (Å²) in [5.74, 6) is 1.15. The number of urea groups is 1. The van der Waals surface area contributed by atoms with Gasteiger partial charge in [-0.25, -0.2) is 4.79 Å². The number of rotatable bonds is 6. The summed E-state index contributed by atoms with van der Waals surface area (Å²) in [6.07, 6.45) is 0. The Morgan fingerprint density at radius 3 is 2.68 bits per heavy atom. The van der Waals surface area contributed by atoms with Crippen LogP contribution in [0.15, 0.2) is 54.6 Å². The van der Waals surface area contributed by atoms with Crippen LogP contribution in [0.1, 0.15) is 12.7 Å². The van der Waals surface area contributed by atoms with Gasteiger partial charge in [0.05, 0.1) is 24.5 Å². The topological polar surface area (TPSA) is 94.0 Å². The zero-order valence-electron chi connectivity index (χ0n) is 13.7. The van der Waals surface area contributed by atoms with E-state index in [1.807, 2.05) is 49.4 Å². The molecular weight excluding hydrogens is 320 g/mol. The lowest BCUT2D eigenvalue weighted by Gasteiger charge is -2.12. The van der Waals surface area contributed by atoms with E-state index >= 15 is 0 Å². The molecule has 0 radical (unpaired) electrons. The second kappa shape index (κ2) is 7.91. The van der Waals surface area contributed by atoms with Crippen LogP contribution in [-0.4, -0.2) is 32.8 Å². The number of hydrogen-bond donors (Lipinski definition) is 2. The third kappa shape index (κ3) is 4.11. The number of carbonyl (C=O) groups is 1. The summed E-state index contributed by atoms with van der Waals surface area (Å²) < 4.78 is 7.06. The third-order valence-electron chi connectivity index (χ3n) is 3.38. The predicted octanol–water partition coefficient (Wildman–Crippen LogP) is 2.38. The number of tetrazole rings is 1. The molecule has 1 aromatic heterocycles. The fourth-order valence-electron chi connectivity index (χ4n) is 2.26. The van der Waals surface area contributed by atoms with E-state index in [1.165, 1.54) is 0 Å². The number of ether oxygens (including phenoxy) is 1. The highest BCUT2D eigenvalue weighted by Crippen LogP contribution is 2.23. The van der Waals surface area contributed by atoms with Crippen molar-refractivity contribution in [3.8, 4) is 11.4 Å². The quantitative estimate of drug-likeness (QED) is 0.720. The van der Waals surface area contributed by atoms with Gasteiger partial charge in [-0.05, 0) is 41.6 Å². The van der Waals surface area contributed by atoms with Crippen LogP contribution in [0.25, 0.3) is 5.69 Å². The van der Waals surface area contributed by atoms with Crippen molar-refractivity contribution in [1.82, 2.24) is 25.5 Å². The van der Waals surface area contributed by atoms with Gasteiger partial charge in [0.25, 0.3) is 0 Å². The summed E-state index contributed by atoms with van der Waals surface area (Å²) in [6.45, 7) is 2.59. The molecule has 2 N–H and O–H groups in total. The zero-order valence-corrected chi connectivity index (χ0v) is 13.7. The number of benzene rings is 2. The van der Waals surface area contributed by atoms with E-state index in [-0.39, 0.29) is 12.6 Å². The summed E-state index contributed by atoms with van der Waals surface area (Å²) in [7, 11) is 0. The average molecular weight is 338 g/mol. The first-order valence-corrected chi connectivity index (χ1v) is 7.87. The standard InChI is InChI=1S/C17H18N6O2/c1-2-25-15-11-7-6-10-14(15)19-17(24)18-12-16-20-21-22-23(16)13-8-4-3-5-9-13/h3-11H,2,12H2,1H3,(H2,18,19,24). The number of amides is 2. The molecule has 3 aromatic rings. The maximum atomic E-state index is 12.2. The van der Waals surface area contributed by atoms with E-state index in [4.69, 9.17) is 4.74 Å². The van der Waals surface area contributed by atoms with Crippen LogP contribution in [0.2, 0.25) is 0 Å². The molecule has 0 bridgehead atoms. The van der Waals surface area contributed by atoms with E-state index in [1.54, 1.807) is 16.8 Å². The smallest absolute Gasteiger partial charge is 0.319 e. The molecule has 8 heteroatoms. The molecule has 0 fully saturated rings. The van der Waals surface area contributed by atoms with E-state index in [0.717, 1.165) is 5.69 Å². The number of aromatic nitrogens is 4. The summed E-state index contributed by atoms with van der Waals surface area (Å²) in [5.41, 5.74) is 1.43. The Morgan fingerprint density at radius 2 is 1.88 bits per heavy atom. The molecule has 0 saturated carbocycles. The Bertz CT molecular complexity index is 834. The van der Waals surface area contributed by atoms with Crippen LogP contribution in [0.5, 0.6) is 5.75 Å². The van der Waals surface area contributed by atoms with Gasteiger partial charge in [-0.15, -0.1) is 5.10 Å². The van der Waals surface area contributed by atoms with E-state index < -0.39 is 0 Å². The second-order valence-corrected chi connectivity index (χ2v) is 5.08. The lowest BCUT2D eigenvalue weighted by molar-refractivity contribution is 0.251. The SMILES string of the molecule is CCOc1ccccc1NC(=O)NCc1nnnn1-c1ccccc1. The van der Waals surface area contributed by atoms with Crippen molar-refractivity contribution in [2.24, 2.45) is 0 Å². The largest absolute Gasteiger partial charge is 0.492 e. The Kier molecular flexibility index (Phi) is 5.20. The van der Waals surface area contributed by atoms with Crippen molar-refractivity contribution in [2.75, 3.05) is 11.9 Å². The van der Waals surface area contributed by atoms with E-state index in [2.05, 4.69) is 26.2 Å². The van der Waals surface area contributed by atoms with E-state index in [9.17, 15) is 4.79 Å². The Balaban J connectivity index is 1.63. The molecule has 0 aliphatic carbocycles. The highest BCUT2D eigenvalue weighted by Gasteiger charge is 2.11. The Labute approximate surface area is 144 Å². The first-order valence-electron chi connectivity index (χ1n) is 7.87. The molecule has 0 atom stereocenters. The Hall–Kier alpha value is -3.42. The van der Waals surface area contributed by atoms with Crippen molar-refractivity contribution in [3.05, 3.63) is 60.4 Å². The second-order valence-electron chi connectivity index (χ2n) is 5.08. The molecule has 0 aliphatic rings. The monoisotopic (exact) mass is 338 g/mol. The fraction of sp³-hybridized carbons (Fsp3) is 0.176. The van der Waals surface area contributed by atoms with Crippen LogP contribution in [-0.2, 0) is 6.54 Å². The van der Waals surface area contributed by atoms with Crippen molar-refractivity contribution in [2.45, 2.75) is 13.5 Å². The molecule has 3 rings (SSSR count). The minimum absolute atomic E-state index is 0.185. The fourth-order valence-corrected chi connectivity index (χ4v) is 2.26. The molecule has 1 heterocycles. The van der Waals surface area contributed by atoms with E-state index in [0.29, 0.717) is 23.9 Å². The molecular formula is C17H18N6O2. The molecule has 0 unspecified atom stereocenters.